The van der Waals surface area contributed by atoms with Crippen molar-refractivity contribution in [1.82, 2.24) is 10.2 Å². The molecule has 4 N–H and O–H groups in total. The molecule has 6 atom stereocenters. The van der Waals surface area contributed by atoms with Crippen molar-refractivity contribution in [2.24, 2.45) is 5.92 Å². The van der Waals surface area contributed by atoms with Gasteiger partial charge in [0.2, 0.25) is 0 Å². The van der Waals surface area contributed by atoms with Crippen molar-refractivity contribution in [2.45, 2.75) is 61.9 Å². The molecule has 0 amide bonds. The zero-order valence-corrected chi connectivity index (χ0v) is 17.8. The standard InChI is InChI=1S/C20H31N2O6P/c1-21-14-10-20-8-7-18(28-29(24,25)26)16(11-20)19(23)17(22(20)12-14)9-13-3-5-15(27-2)6-4-13/h3-6,14,16-19,21,23H,7-12H2,1-2H3,(H2,24,25,26)/t14-,16+,17-,18-,19-,20+/m0/s1. The molecule has 3 fully saturated rings. The van der Waals surface area contributed by atoms with E-state index in [9.17, 15) is 19.5 Å². The van der Waals surface area contributed by atoms with E-state index in [1.807, 2.05) is 31.3 Å². The summed E-state index contributed by atoms with van der Waals surface area (Å²) in [6.07, 6.45) is 2.39. The number of nitrogens with one attached hydrogen (secondary N) is 1. The first-order valence-electron chi connectivity index (χ1n) is 10.2. The molecule has 9 heteroatoms. The number of nitrogens with zero attached hydrogens (tertiary/aromatic N) is 1. The summed E-state index contributed by atoms with van der Waals surface area (Å²) in [5, 5.41) is 14.7. The number of fused-ring (bicyclic) bond motifs is 1. The van der Waals surface area contributed by atoms with Crippen molar-refractivity contribution in [3.05, 3.63) is 29.8 Å². The molecule has 8 nitrogen and oxygen atoms in total. The van der Waals surface area contributed by atoms with Crippen LogP contribution in [-0.4, -0.2) is 70.3 Å². The fourth-order valence-corrected chi connectivity index (χ4v) is 6.46. The normalized spacial score (nSPS) is 37.3. The van der Waals surface area contributed by atoms with Crippen molar-refractivity contribution in [3.63, 3.8) is 0 Å². The zero-order chi connectivity index (χ0) is 20.8. The number of likely N-dealkylation sites (N-methyl/N-ethyl adjacent to an activating group) is 1. The van der Waals surface area contributed by atoms with Crippen LogP contribution in [0, 0.1) is 5.92 Å². The van der Waals surface area contributed by atoms with Crippen LogP contribution in [-0.2, 0) is 15.5 Å². The number of phosphoric acid groups is 1. The highest BCUT2D eigenvalue weighted by Gasteiger charge is 2.59. The lowest BCUT2D eigenvalue weighted by atomic mass is 9.65. The van der Waals surface area contributed by atoms with Gasteiger partial charge in [-0.25, -0.2) is 4.57 Å². The van der Waals surface area contributed by atoms with Crippen LogP contribution in [0.25, 0.3) is 0 Å². The summed E-state index contributed by atoms with van der Waals surface area (Å²) in [5.74, 6) is 0.504. The highest BCUT2D eigenvalue weighted by atomic mass is 31.2. The van der Waals surface area contributed by atoms with Crippen LogP contribution in [0.4, 0.5) is 0 Å². The van der Waals surface area contributed by atoms with Gasteiger partial charge in [0.25, 0.3) is 0 Å². The third-order valence-corrected chi connectivity index (χ3v) is 7.70. The zero-order valence-electron chi connectivity index (χ0n) is 16.9. The fraction of sp³-hybridized carbons (Fsp3) is 0.700. The van der Waals surface area contributed by atoms with Gasteiger partial charge in [-0.1, -0.05) is 12.1 Å². The number of hydrogen-bond acceptors (Lipinski definition) is 6. The van der Waals surface area contributed by atoms with Crippen molar-refractivity contribution < 1.29 is 28.7 Å². The van der Waals surface area contributed by atoms with Gasteiger partial charge in [-0.3, -0.25) is 9.42 Å². The van der Waals surface area contributed by atoms with Crippen LogP contribution in [0.3, 0.4) is 0 Å². The van der Waals surface area contributed by atoms with Gasteiger partial charge in [0.1, 0.15) is 5.75 Å². The van der Waals surface area contributed by atoms with Crippen molar-refractivity contribution >= 4 is 7.82 Å². The smallest absolute Gasteiger partial charge is 0.469 e. The average Bonchev–Trinajstić information content (AvgIpc) is 3.05. The molecule has 0 unspecified atom stereocenters. The summed E-state index contributed by atoms with van der Waals surface area (Å²) in [7, 11) is -1.00. The molecular weight excluding hydrogens is 395 g/mol. The molecule has 3 aliphatic rings. The number of ether oxygens (including phenoxy) is 1. The number of aliphatic hydroxyl groups excluding tert-OH is 1. The van der Waals surface area contributed by atoms with Gasteiger partial charge in [-0.05, 0) is 56.8 Å². The molecule has 162 valence electrons. The molecular formula is C20H31N2O6P. The third-order valence-electron chi connectivity index (χ3n) is 7.16. The van der Waals surface area contributed by atoms with E-state index < -0.39 is 20.0 Å². The molecule has 1 aromatic rings. The van der Waals surface area contributed by atoms with E-state index in [0.717, 1.165) is 30.7 Å². The molecule has 4 rings (SSSR count). The second kappa shape index (κ2) is 7.93. The number of phosphoric ester groups is 1. The van der Waals surface area contributed by atoms with Gasteiger partial charge >= 0.3 is 7.82 Å². The van der Waals surface area contributed by atoms with E-state index in [0.29, 0.717) is 25.3 Å². The van der Waals surface area contributed by atoms with Gasteiger partial charge in [0.15, 0.2) is 0 Å². The van der Waals surface area contributed by atoms with Crippen LogP contribution >= 0.6 is 7.82 Å². The predicted molar refractivity (Wildman–Crippen MR) is 108 cm³/mol. The number of benzene rings is 1. The molecule has 29 heavy (non-hydrogen) atoms. The van der Waals surface area contributed by atoms with Gasteiger partial charge in [0, 0.05) is 30.1 Å². The summed E-state index contributed by atoms with van der Waals surface area (Å²) in [6, 6.07) is 8.08. The van der Waals surface area contributed by atoms with Crippen molar-refractivity contribution in [2.75, 3.05) is 20.7 Å². The van der Waals surface area contributed by atoms with Crippen LogP contribution < -0.4 is 10.1 Å². The monoisotopic (exact) mass is 426 g/mol. The molecule has 1 aromatic carbocycles. The lowest BCUT2D eigenvalue weighted by Gasteiger charge is -2.57. The Hall–Kier alpha value is -0.990. The minimum atomic E-state index is -4.60. The molecule has 1 saturated carbocycles. The topological polar surface area (TPSA) is 111 Å². The van der Waals surface area contributed by atoms with E-state index in [1.165, 1.54) is 0 Å². The molecule has 2 bridgehead atoms. The van der Waals surface area contributed by atoms with Gasteiger partial charge in [0.05, 0.1) is 19.3 Å². The first-order chi connectivity index (χ1) is 13.7. The van der Waals surface area contributed by atoms with Gasteiger partial charge in [-0.2, -0.15) is 0 Å². The lowest BCUT2D eigenvalue weighted by Crippen LogP contribution is -2.66. The van der Waals surface area contributed by atoms with E-state index >= 15 is 0 Å². The molecule has 2 aliphatic heterocycles. The highest BCUT2D eigenvalue weighted by Crippen LogP contribution is 2.54. The van der Waals surface area contributed by atoms with Gasteiger partial charge < -0.3 is 24.9 Å². The SMILES string of the molecule is CN[C@@H]1CN2[C@@H](Cc3ccc(OC)cc3)[C@@H](O)[C@@H]3C[C@@]2(CC[C@@H]3OP(=O)(O)O)C1. The number of methoxy groups -OCH3 is 1. The molecule has 2 heterocycles. The molecule has 1 aliphatic carbocycles. The Bertz CT molecular complexity index is 771. The second-order valence-electron chi connectivity index (χ2n) is 8.72. The number of rotatable bonds is 6. The minimum Gasteiger partial charge on any atom is -0.497 e. The summed E-state index contributed by atoms with van der Waals surface area (Å²) in [4.78, 5) is 21.1. The Morgan fingerprint density at radius 3 is 2.62 bits per heavy atom. The Morgan fingerprint density at radius 2 is 2.00 bits per heavy atom. The van der Waals surface area contributed by atoms with E-state index in [4.69, 9.17) is 9.26 Å². The van der Waals surface area contributed by atoms with Crippen molar-refractivity contribution in [1.29, 1.82) is 0 Å². The fourth-order valence-electron chi connectivity index (χ4n) is 5.85. The summed E-state index contributed by atoms with van der Waals surface area (Å²) >= 11 is 0. The average molecular weight is 426 g/mol. The predicted octanol–water partition coefficient (Wildman–Crippen LogP) is 1.29. The maximum Gasteiger partial charge on any atom is 0.469 e. The molecule has 1 spiro atoms. The van der Waals surface area contributed by atoms with Crippen LogP contribution in [0.5, 0.6) is 5.75 Å². The van der Waals surface area contributed by atoms with Gasteiger partial charge in [-0.15, -0.1) is 0 Å². The van der Waals surface area contributed by atoms with Crippen LogP contribution in [0.15, 0.2) is 24.3 Å². The second-order valence-corrected chi connectivity index (χ2v) is 9.91. The number of hydrogen-bond donors (Lipinski definition) is 4. The third kappa shape index (κ3) is 4.12. The largest absolute Gasteiger partial charge is 0.497 e. The van der Waals surface area contributed by atoms with Crippen LogP contribution in [0.2, 0.25) is 0 Å². The van der Waals surface area contributed by atoms with Crippen LogP contribution in [0.1, 0.15) is 31.2 Å². The summed E-state index contributed by atoms with van der Waals surface area (Å²) < 4.78 is 21.8. The lowest BCUT2D eigenvalue weighted by molar-refractivity contribution is -0.144. The quantitative estimate of drug-likeness (QED) is 0.504. The minimum absolute atomic E-state index is 0.0521. The maximum atomic E-state index is 11.5. The first kappa shape index (κ1) is 21.2. The Labute approximate surface area is 171 Å². The molecule has 2 saturated heterocycles. The molecule has 0 radical (unpaired) electrons. The van der Waals surface area contributed by atoms with Crippen molar-refractivity contribution in [3.8, 4) is 5.75 Å². The van der Waals surface area contributed by atoms with E-state index in [2.05, 4.69) is 10.2 Å². The first-order valence-corrected chi connectivity index (χ1v) is 11.8. The van der Waals surface area contributed by atoms with E-state index in [1.54, 1.807) is 7.11 Å². The summed E-state index contributed by atoms with van der Waals surface area (Å²) in [5.41, 5.74) is 1.05. The number of aliphatic hydroxyl groups is 1. The Morgan fingerprint density at radius 1 is 1.28 bits per heavy atom. The number of piperidine rings is 1. The highest BCUT2D eigenvalue weighted by molar-refractivity contribution is 7.46. The Kier molecular flexibility index (Phi) is 5.81. The summed E-state index contributed by atoms with van der Waals surface area (Å²) in [6.45, 7) is 0.866. The van der Waals surface area contributed by atoms with E-state index in [-0.39, 0.29) is 17.5 Å². The Balaban J connectivity index is 1.62. The maximum absolute atomic E-state index is 11.5. The molecule has 0 aromatic heterocycles.